The normalized spacial score (nSPS) is 16.5. The van der Waals surface area contributed by atoms with Gasteiger partial charge in [0.25, 0.3) is 0 Å². The summed E-state index contributed by atoms with van der Waals surface area (Å²) < 4.78 is 0. The largest absolute Gasteiger partial charge is 0.389 e. The van der Waals surface area contributed by atoms with Crippen molar-refractivity contribution in [1.29, 1.82) is 0 Å². The van der Waals surface area contributed by atoms with Crippen LogP contribution in [0.2, 0.25) is 0 Å². The van der Waals surface area contributed by atoms with Gasteiger partial charge in [-0.25, -0.2) is 0 Å². The van der Waals surface area contributed by atoms with Gasteiger partial charge in [0.05, 0.1) is 17.1 Å². The number of nitrogens with one attached hydrogen (secondary N) is 1. The second kappa shape index (κ2) is 7.28. The predicted octanol–water partition coefficient (Wildman–Crippen LogP) is 7.28. The monoisotopic (exact) mass is 404 g/mol. The highest BCUT2D eigenvalue weighted by molar-refractivity contribution is 7.99. The number of benzene rings is 2. The van der Waals surface area contributed by atoms with Crippen LogP contribution in [0.15, 0.2) is 70.2 Å². The molecule has 2 nitrogen and oxygen atoms in total. The molecule has 29 heavy (non-hydrogen) atoms. The van der Waals surface area contributed by atoms with Gasteiger partial charge < -0.3 is 10.2 Å². The molecule has 2 heterocycles. The minimum absolute atomic E-state index is 0.136. The number of rotatable bonds is 1. The lowest BCUT2D eigenvalue weighted by Gasteiger charge is -2.35. The SMILES string of the molecule is CC(C)(C)c1ccc2c(c1)Sc1cc(C(C)(C)C)ccc1N2C1=CNCCC=C1. The molecule has 0 atom stereocenters. The van der Waals surface area contributed by atoms with E-state index in [9.17, 15) is 0 Å². The Bertz CT molecular complexity index is 923. The maximum absolute atomic E-state index is 3.45. The van der Waals surface area contributed by atoms with Crippen molar-refractivity contribution in [2.75, 3.05) is 11.4 Å². The molecule has 0 spiro atoms. The molecule has 0 aliphatic carbocycles. The van der Waals surface area contributed by atoms with Crippen LogP contribution in [0.3, 0.4) is 0 Å². The van der Waals surface area contributed by atoms with E-state index in [1.165, 1.54) is 38.0 Å². The van der Waals surface area contributed by atoms with E-state index >= 15 is 0 Å². The maximum atomic E-state index is 3.45. The van der Waals surface area contributed by atoms with Crippen molar-refractivity contribution in [1.82, 2.24) is 5.32 Å². The second-order valence-electron chi connectivity index (χ2n) is 10.0. The van der Waals surface area contributed by atoms with E-state index in [1.54, 1.807) is 0 Å². The summed E-state index contributed by atoms with van der Waals surface area (Å²) in [5.74, 6) is 0. The molecule has 2 aromatic carbocycles. The van der Waals surface area contributed by atoms with Crippen LogP contribution in [0.1, 0.15) is 59.1 Å². The summed E-state index contributed by atoms with van der Waals surface area (Å²) in [6.45, 7) is 14.7. The number of hydrogen-bond acceptors (Lipinski definition) is 3. The molecule has 2 aliphatic heterocycles. The first kappa shape index (κ1) is 20.2. The summed E-state index contributed by atoms with van der Waals surface area (Å²) in [6, 6.07) is 13.9. The number of anilines is 2. The average molecular weight is 405 g/mol. The van der Waals surface area contributed by atoms with Gasteiger partial charge in [-0.15, -0.1) is 0 Å². The fourth-order valence-electron chi connectivity index (χ4n) is 3.76. The van der Waals surface area contributed by atoms with E-state index in [0.29, 0.717) is 0 Å². The lowest BCUT2D eigenvalue weighted by molar-refractivity contribution is 0.588. The van der Waals surface area contributed by atoms with Crippen LogP contribution in [0.5, 0.6) is 0 Å². The minimum Gasteiger partial charge on any atom is -0.389 e. The van der Waals surface area contributed by atoms with Crippen molar-refractivity contribution in [3.05, 3.63) is 71.6 Å². The van der Waals surface area contributed by atoms with Crippen molar-refractivity contribution >= 4 is 23.1 Å². The zero-order chi connectivity index (χ0) is 20.8. The van der Waals surface area contributed by atoms with Gasteiger partial charge in [0.15, 0.2) is 0 Å². The average Bonchev–Trinajstić information content (AvgIpc) is 2.93. The third-order valence-electron chi connectivity index (χ3n) is 5.61. The van der Waals surface area contributed by atoms with Gasteiger partial charge >= 0.3 is 0 Å². The summed E-state index contributed by atoms with van der Waals surface area (Å²) in [7, 11) is 0. The van der Waals surface area contributed by atoms with Crippen LogP contribution >= 0.6 is 11.8 Å². The Kier molecular flexibility index (Phi) is 5.06. The molecule has 0 bridgehead atoms. The molecule has 3 heteroatoms. The van der Waals surface area contributed by atoms with E-state index in [0.717, 1.165) is 13.0 Å². The van der Waals surface area contributed by atoms with Crippen LogP contribution in [-0.2, 0) is 10.8 Å². The zero-order valence-electron chi connectivity index (χ0n) is 18.5. The summed E-state index contributed by atoms with van der Waals surface area (Å²) in [4.78, 5) is 5.07. The molecule has 1 N–H and O–H groups in total. The minimum atomic E-state index is 0.136. The quantitative estimate of drug-likeness (QED) is 0.538. The van der Waals surface area contributed by atoms with Crippen LogP contribution in [-0.4, -0.2) is 6.54 Å². The highest BCUT2D eigenvalue weighted by Crippen LogP contribution is 2.51. The van der Waals surface area contributed by atoms with Crippen molar-refractivity contribution < 1.29 is 0 Å². The molecule has 0 saturated carbocycles. The summed E-state index contributed by atoms with van der Waals surface area (Å²) >= 11 is 1.90. The van der Waals surface area contributed by atoms with Crippen molar-refractivity contribution in [3.8, 4) is 0 Å². The Morgan fingerprint density at radius 1 is 0.828 bits per heavy atom. The molecule has 0 unspecified atom stereocenters. The fourth-order valence-corrected chi connectivity index (χ4v) is 4.89. The van der Waals surface area contributed by atoms with Crippen LogP contribution in [0.4, 0.5) is 11.4 Å². The zero-order valence-corrected chi connectivity index (χ0v) is 19.3. The van der Waals surface area contributed by atoms with E-state index in [4.69, 9.17) is 0 Å². The highest BCUT2D eigenvalue weighted by Gasteiger charge is 2.28. The fraction of sp³-hybridized carbons (Fsp3) is 0.385. The van der Waals surface area contributed by atoms with Gasteiger partial charge in [0, 0.05) is 22.5 Å². The molecule has 0 aromatic heterocycles. The Labute approximate surface area is 180 Å². The highest BCUT2D eigenvalue weighted by atomic mass is 32.2. The first-order valence-corrected chi connectivity index (χ1v) is 11.3. The Hall–Kier alpha value is -2.13. The molecule has 4 rings (SSSR count). The standard InChI is InChI=1S/C26H32N2S/c1-25(2,3)18-10-12-21-23(15-18)29-24-16-19(26(4,5)6)11-13-22(24)28(21)20-9-7-8-14-27-17-20/h7,9-13,15-17,27H,8,14H2,1-6H3. The lowest BCUT2D eigenvalue weighted by atomic mass is 9.86. The second-order valence-corrected chi connectivity index (χ2v) is 11.1. The van der Waals surface area contributed by atoms with Crippen molar-refractivity contribution in [2.24, 2.45) is 0 Å². The molecular weight excluding hydrogens is 372 g/mol. The van der Waals surface area contributed by atoms with Gasteiger partial charge in [0.2, 0.25) is 0 Å². The van der Waals surface area contributed by atoms with Gasteiger partial charge in [-0.05, 0) is 58.7 Å². The number of hydrogen-bond donors (Lipinski definition) is 1. The van der Waals surface area contributed by atoms with E-state index < -0.39 is 0 Å². The Balaban J connectivity index is 1.90. The van der Waals surface area contributed by atoms with Crippen LogP contribution in [0.25, 0.3) is 0 Å². The summed E-state index contributed by atoms with van der Waals surface area (Å²) in [5.41, 5.74) is 6.74. The van der Waals surface area contributed by atoms with E-state index in [1.807, 2.05) is 11.8 Å². The van der Waals surface area contributed by atoms with Crippen LogP contribution in [0, 0.1) is 0 Å². The number of fused-ring (bicyclic) bond motifs is 2. The van der Waals surface area contributed by atoms with Gasteiger partial charge in [-0.2, -0.15) is 0 Å². The maximum Gasteiger partial charge on any atom is 0.0616 e. The van der Waals surface area contributed by atoms with Gasteiger partial charge in [-0.3, -0.25) is 0 Å². The predicted molar refractivity (Wildman–Crippen MR) is 126 cm³/mol. The molecule has 2 aromatic rings. The lowest BCUT2D eigenvalue weighted by Crippen LogP contribution is -2.22. The summed E-state index contributed by atoms with van der Waals surface area (Å²) in [6.07, 6.45) is 7.72. The first-order valence-electron chi connectivity index (χ1n) is 10.5. The molecular formula is C26H32N2S. The molecule has 0 radical (unpaired) electrons. The molecule has 0 fully saturated rings. The molecule has 2 aliphatic rings. The van der Waals surface area contributed by atoms with Gasteiger partial charge in [-0.1, -0.05) is 71.5 Å². The third-order valence-corrected chi connectivity index (χ3v) is 6.70. The van der Waals surface area contributed by atoms with Crippen molar-refractivity contribution in [2.45, 2.75) is 68.6 Å². The van der Waals surface area contributed by atoms with Gasteiger partial charge in [0.1, 0.15) is 0 Å². The Morgan fingerprint density at radius 2 is 1.38 bits per heavy atom. The van der Waals surface area contributed by atoms with E-state index in [2.05, 4.69) is 107 Å². The van der Waals surface area contributed by atoms with Crippen LogP contribution < -0.4 is 10.2 Å². The van der Waals surface area contributed by atoms with E-state index in [-0.39, 0.29) is 10.8 Å². The Morgan fingerprint density at radius 3 is 1.90 bits per heavy atom. The molecule has 152 valence electrons. The topological polar surface area (TPSA) is 15.3 Å². The summed E-state index contributed by atoms with van der Waals surface area (Å²) in [5, 5.41) is 3.45. The smallest absolute Gasteiger partial charge is 0.0616 e. The third kappa shape index (κ3) is 3.98. The van der Waals surface area contributed by atoms with Crippen molar-refractivity contribution in [3.63, 3.8) is 0 Å². The first-order chi connectivity index (χ1) is 13.6. The molecule has 0 amide bonds. The molecule has 0 saturated heterocycles. The number of nitrogens with zero attached hydrogens (tertiary/aromatic N) is 1. The number of allylic oxidation sites excluding steroid dienone is 1.